The second-order valence-corrected chi connectivity index (χ2v) is 4.17. The quantitative estimate of drug-likeness (QED) is 0.819. The number of nitrogens with zero attached hydrogens (tertiary/aromatic N) is 2. The van der Waals surface area contributed by atoms with Gasteiger partial charge >= 0.3 is 5.97 Å². The van der Waals surface area contributed by atoms with Gasteiger partial charge in [-0.15, -0.1) is 0 Å². The lowest BCUT2D eigenvalue weighted by Crippen LogP contribution is -2.31. The first-order chi connectivity index (χ1) is 8.72. The molecular formula is C13H16N2O3. The maximum absolute atomic E-state index is 11.1. The van der Waals surface area contributed by atoms with Gasteiger partial charge < -0.3 is 14.7 Å². The Morgan fingerprint density at radius 2 is 2.44 bits per heavy atom. The molecule has 5 heteroatoms. The predicted molar refractivity (Wildman–Crippen MR) is 68.0 cm³/mol. The van der Waals surface area contributed by atoms with Crippen LogP contribution >= 0.6 is 0 Å². The van der Waals surface area contributed by atoms with Crippen molar-refractivity contribution in [2.75, 3.05) is 31.7 Å². The number of rotatable bonds is 4. The molecule has 0 aliphatic carbocycles. The third kappa shape index (κ3) is 2.68. The van der Waals surface area contributed by atoms with Crippen LogP contribution in [0.3, 0.4) is 0 Å². The van der Waals surface area contributed by atoms with Crippen LogP contribution in [0.5, 0.6) is 0 Å². The number of hydrogen-bond donors (Lipinski definition) is 1. The smallest absolute Gasteiger partial charge is 0.339 e. The zero-order valence-corrected chi connectivity index (χ0v) is 10.3. The van der Waals surface area contributed by atoms with Crippen LogP contribution in [-0.2, 0) is 4.74 Å². The molecule has 1 aliphatic heterocycles. The maximum atomic E-state index is 11.1. The van der Waals surface area contributed by atoms with Crippen LogP contribution < -0.4 is 4.90 Å². The van der Waals surface area contributed by atoms with Gasteiger partial charge in [-0.05, 0) is 24.1 Å². The van der Waals surface area contributed by atoms with E-state index in [4.69, 9.17) is 9.84 Å². The molecule has 0 bridgehead atoms. The fourth-order valence-corrected chi connectivity index (χ4v) is 2.04. The molecule has 0 spiro atoms. The Balaban J connectivity index is 2.17. The van der Waals surface area contributed by atoms with Gasteiger partial charge in [0.05, 0.1) is 6.61 Å². The van der Waals surface area contributed by atoms with Crippen LogP contribution in [0.1, 0.15) is 16.8 Å². The number of carboxylic acid groups (broad SMARTS) is 1. The Morgan fingerprint density at radius 3 is 3.06 bits per heavy atom. The Morgan fingerprint density at radius 1 is 1.61 bits per heavy atom. The van der Waals surface area contributed by atoms with Crippen LogP contribution in [-0.4, -0.2) is 42.9 Å². The fraction of sp³-hybridized carbons (Fsp3) is 0.385. The number of aromatic carboxylic acids is 1. The van der Waals surface area contributed by atoms with Crippen LogP contribution in [0.2, 0.25) is 0 Å². The van der Waals surface area contributed by atoms with Crippen LogP contribution in [0.15, 0.2) is 30.0 Å². The van der Waals surface area contributed by atoms with Gasteiger partial charge in [-0.3, -0.25) is 0 Å². The third-order valence-corrected chi connectivity index (χ3v) is 2.95. The molecule has 2 heterocycles. The van der Waals surface area contributed by atoms with Crippen molar-refractivity contribution in [3.63, 3.8) is 0 Å². The molecule has 5 nitrogen and oxygen atoms in total. The Kier molecular flexibility index (Phi) is 3.94. The summed E-state index contributed by atoms with van der Waals surface area (Å²) in [6.07, 6.45) is 4.58. The van der Waals surface area contributed by atoms with E-state index in [1.165, 1.54) is 5.57 Å². The molecule has 0 fully saturated rings. The molecule has 2 rings (SSSR count). The predicted octanol–water partition coefficient (Wildman–Crippen LogP) is 1.56. The molecule has 0 unspecified atom stereocenters. The van der Waals surface area contributed by atoms with E-state index in [9.17, 15) is 4.79 Å². The standard InChI is InChI=1S/C13H16N2O3/c1-18-9-10-4-7-15(8-5-10)12-11(13(16)17)3-2-6-14-12/h2-4,6H,5,7-9H2,1H3,(H,16,17). The highest BCUT2D eigenvalue weighted by Gasteiger charge is 2.19. The van der Waals surface area contributed by atoms with Gasteiger partial charge in [0.1, 0.15) is 11.4 Å². The van der Waals surface area contributed by atoms with E-state index in [1.807, 2.05) is 4.90 Å². The van der Waals surface area contributed by atoms with E-state index in [1.54, 1.807) is 25.4 Å². The first-order valence-electron chi connectivity index (χ1n) is 5.82. The molecule has 1 aliphatic rings. The zero-order valence-electron chi connectivity index (χ0n) is 10.3. The molecule has 0 saturated carbocycles. The van der Waals surface area contributed by atoms with Crippen molar-refractivity contribution in [1.82, 2.24) is 4.98 Å². The van der Waals surface area contributed by atoms with Crippen molar-refractivity contribution >= 4 is 11.8 Å². The summed E-state index contributed by atoms with van der Waals surface area (Å²) in [6, 6.07) is 3.22. The highest BCUT2D eigenvalue weighted by atomic mass is 16.5. The molecule has 1 N–H and O–H groups in total. The van der Waals surface area contributed by atoms with E-state index >= 15 is 0 Å². The topological polar surface area (TPSA) is 62.7 Å². The number of methoxy groups -OCH3 is 1. The fourth-order valence-electron chi connectivity index (χ4n) is 2.04. The minimum absolute atomic E-state index is 0.251. The van der Waals surface area contributed by atoms with Crippen molar-refractivity contribution in [1.29, 1.82) is 0 Å². The van der Waals surface area contributed by atoms with Crippen molar-refractivity contribution in [3.05, 3.63) is 35.5 Å². The first kappa shape index (κ1) is 12.6. The second-order valence-electron chi connectivity index (χ2n) is 4.17. The number of ether oxygens (including phenoxy) is 1. The van der Waals surface area contributed by atoms with Gasteiger partial charge in [-0.25, -0.2) is 9.78 Å². The van der Waals surface area contributed by atoms with Gasteiger partial charge in [0.25, 0.3) is 0 Å². The van der Waals surface area contributed by atoms with Crippen molar-refractivity contribution in [3.8, 4) is 0 Å². The summed E-state index contributed by atoms with van der Waals surface area (Å²) in [4.78, 5) is 17.3. The van der Waals surface area contributed by atoms with Crippen LogP contribution in [0, 0.1) is 0 Å². The van der Waals surface area contributed by atoms with E-state index in [0.717, 1.165) is 13.0 Å². The highest BCUT2D eigenvalue weighted by molar-refractivity contribution is 5.93. The SMILES string of the molecule is COCC1=CCN(c2ncccc2C(=O)O)CC1. The van der Waals surface area contributed by atoms with Crippen LogP contribution in [0.4, 0.5) is 5.82 Å². The molecule has 0 saturated heterocycles. The third-order valence-electron chi connectivity index (χ3n) is 2.95. The summed E-state index contributed by atoms with van der Waals surface area (Å²) in [7, 11) is 1.68. The molecule has 18 heavy (non-hydrogen) atoms. The van der Waals surface area contributed by atoms with E-state index in [0.29, 0.717) is 19.0 Å². The lowest BCUT2D eigenvalue weighted by Gasteiger charge is -2.28. The maximum Gasteiger partial charge on any atom is 0.339 e. The monoisotopic (exact) mass is 248 g/mol. The minimum atomic E-state index is -0.940. The van der Waals surface area contributed by atoms with Gasteiger partial charge in [0, 0.05) is 26.4 Å². The number of carbonyl (C=O) groups is 1. The minimum Gasteiger partial charge on any atom is -0.478 e. The Bertz CT molecular complexity index is 471. The lowest BCUT2D eigenvalue weighted by atomic mass is 10.1. The molecule has 0 radical (unpaired) electrons. The number of carboxylic acids is 1. The molecule has 1 aromatic heterocycles. The van der Waals surface area contributed by atoms with E-state index < -0.39 is 5.97 Å². The molecule has 96 valence electrons. The Labute approximate surface area is 106 Å². The number of aromatic nitrogens is 1. The van der Waals surface area contributed by atoms with E-state index in [2.05, 4.69) is 11.1 Å². The van der Waals surface area contributed by atoms with Gasteiger partial charge in [0.15, 0.2) is 0 Å². The number of hydrogen-bond acceptors (Lipinski definition) is 4. The first-order valence-corrected chi connectivity index (χ1v) is 5.82. The van der Waals surface area contributed by atoms with Gasteiger partial charge in [-0.1, -0.05) is 6.08 Å². The molecule has 0 atom stereocenters. The summed E-state index contributed by atoms with van der Waals surface area (Å²) in [5.74, 6) is -0.400. The number of pyridine rings is 1. The van der Waals surface area contributed by atoms with E-state index in [-0.39, 0.29) is 5.56 Å². The summed E-state index contributed by atoms with van der Waals surface area (Å²) < 4.78 is 5.09. The van der Waals surface area contributed by atoms with Gasteiger partial charge in [-0.2, -0.15) is 0 Å². The summed E-state index contributed by atoms with van der Waals surface area (Å²) in [5.41, 5.74) is 1.50. The average Bonchev–Trinajstić information content (AvgIpc) is 2.40. The highest BCUT2D eigenvalue weighted by Crippen LogP contribution is 2.21. The van der Waals surface area contributed by atoms with Crippen molar-refractivity contribution in [2.45, 2.75) is 6.42 Å². The zero-order chi connectivity index (χ0) is 13.0. The average molecular weight is 248 g/mol. The molecule has 1 aromatic rings. The second kappa shape index (κ2) is 5.64. The molecular weight excluding hydrogens is 232 g/mol. The summed E-state index contributed by atoms with van der Waals surface area (Å²) in [6.45, 7) is 2.09. The van der Waals surface area contributed by atoms with Gasteiger partial charge in [0.2, 0.25) is 0 Å². The number of anilines is 1. The molecule has 0 amide bonds. The molecule has 0 aromatic carbocycles. The lowest BCUT2D eigenvalue weighted by molar-refractivity contribution is 0.0697. The largest absolute Gasteiger partial charge is 0.478 e. The Hall–Kier alpha value is -1.88. The van der Waals surface area contributed by atoms with Crippen LogP contribution in [0.25, 0.3) is 0 Å². The summed E-state index contributed by atoms with van der Waals surface area (Å²) in [5, 5.41) is 9.13. The van der Waals surface area contributed by atoms with Crippen molar-refractivity contribution < 1.29 is 14.6 Å². The normalized spacial score (nSPS) is 15.4. The summed E-state index contributed by atoms with van der Waals surface area (Å²) >= 11 is 0. The van der Waals surface area contributed by atoms with Crippen molar-refractivity contribution in [2.24, 2.45) is 0 Å².